The van der Waals surface area contributed by atoms with E-state index in [2.05, 4.69) is 0 Å². The van der Waals surface area contributed by atoms with Crippen molar-refractivity contribution in [2.75, 3.05) is 0 Å². The van der Waals surface area contributed by atoms with E-state index < -0.39 is 30.1 Å². The van der Waals surface area contributed by atoms with Crippen LogP contribution >= 0.6 is 0 Å². The molecule has 1 unspecified atom stereocenters. The Labute approximate surface area is 145 Å². The molecule has 0 amide bonds. The highest BCUT2D eigenvalue weighted by Gasteiger charge is 2.50. The topological polar surface area (TPSA) is 55.5 Å². The number of ether oxygens (including phenoxy) is 1. The Morgan fingerprint density at radius 2 is 1.50 bits per heavy atom. The Kier molecular flexibility index (Phi) is 5.52. The van der Waals surface area contributed by atoms with Crippen LogP contribution in [0.2, 0.25) is 0 Å². The third-order valence-corrected chi connectivity index (χ3v) is 3.52. The molecular formula is C17H15F6NO2. The molecule has 2 rings (SSSR count). The van der Waals surface area contributed by atoms with Crippen molar-refractivity contribution in [3.63, 3.8) is 0 Å². The van der Waals surface area contributed by atoms with E-state index in [9.17, 15) is 31.4 Å². The molecule has 0 aromatic heterocycles. The maximum atomic E-state index is 12.7. The van der Waals surface area contributed by atoms with Crippen molar-refractivity contribution in [3.05, 3.63) is 65.2 Å². The molecule has 2 aromatic carbocycles. The first kappa shape index (κ1) is 20.1. The molecule has 0 aliphatic heterocycles. The lowest BCUT2D eigenvalue weighted by Gasteiger charge is -2.26. The summed E-state index contributed by atoms with van der Waals surface area (Å²) in [6, 6.07) is 9.88. The van der Waals surface area contributed by atoms with Crippen molar-refractivity contribution in [1.82, 2.24) is 0 Å². The van der Waals surface area contributed by atoms with Crippen molar-refractivity contribution in [1.29, 1.82) is 0 Å². The van der Waals surface area contributed by atoms with E-state index in [0.717, 1.165) is 12.1 Å². The average Bonchev–Trinajstić information content (AvgIpc) is 2.51. The lowest BCUT2D eigenvalue weighted by Crippen LogP contribution is -2.55. The number of hydrogen-bond acceptors (Lipinski definition) is 3. The Morgan fingerprint density at radius 3 is 2.12 bits per heavy atom. The van der Waals surface area contributed by atoms with Crippen LogP contribution in [0, 0.1) is 0 Å². The maximum absolute atomic E-state index is 12.7. The quantitative estimate of drug-likeness (QED) is 0.609. The van der Waals surface area contributed by atoms with Crippen LogP contribution in [0.5, 0.6) is 5.75 Å². The minimum absolute atomic E-state index is 0.0638. The van der Waals surface area contributed by atoms with Crippen molar-refractivity contribution in [3.8, 4) is 5.75 Å². The molecule has 0 fully saturated rings. The number of rotatable bonds is 5. The fourth-order valence-corrected chi connectivity index (χ4v) is 2.16. The van der Waals surface area contributed by atoms with Crippen molar-refractivity contribution in [2.24, 2.45) is 5.73 Å². The monoisotopic (exact) mass is 379 g/mol. The zero-order valence-electron chi connectivity index (χ0n) is 13.2. The van der Waals surface area contributed by atoms with Crippen molar-refractivity contribution < 1.29 is 36.2 Å². The van der Waals surface area contributed by atoms with Crippen LogP contribution in [0.1, 0.15) is 16.7 Å². The van der Waals surface area contributed by atoms with Gasteiger partial charge in [-0.25, -0.2) is 0 Å². The number of aliphatic hydroxyl groups is 1. The Morgan fingerprint density at radius 1 is 0.885 bits per heavy atom. The molecule has 0 bridgehead atoms. The number of hydrogen-bond donors (Lipinski definition) is 2. The summed E-state index contributed by atoms with van der Waals surface area (Å²) in [4.78, 5) is 0. The van der Waals surface area contributed by atoms with E-state index in [0.29, 0.717) is 0 Å². The highest BCUT2D eigenvalue weighted by Crippen LogP contribution is 2.31. The smallest absolute Gasteiger partial charge is 0.431 e. The van der Waals surface area contributed by atoms with Crippen LogP contribution in [0.3, 0.4) is 0 Å². The fraction of sp³-hybridized carbons (Fsp3) is 0.294. The third kappa shape index (κ3) is 5.12. The van der Waals surface area contributed by atoms with Gasteiger partial charge in [0.25, 0.3) is 0 Å². The summed E-state index contributed by atoms with van der Waals surface area (Å²) >= 11 is 0. The van der Waals surface area contributed by atoms with Gasteiger partial charge in [0.2, 0.25) is 5.72 Å². The summed E-state index contributed by atoms with van der Waals surface area (Å²) in [5.74, 6) is 0.137. The first-order valence-electron chi connectivity index (χ1n) is 7.34. The lowest BCUT2D eigenvalue weighted by molar-refractivity contribution is -0.257. The summed E-state index contributed by atoms with van der Waals surface area (Å²) < 4.78 is 81.2. The van der Waals surface area contributed by atoms with E-state index in [1.165, 1.54) is 36.4 Å². The first-order chi connectivity index (χ1) is 11.9. The molecule has 0 radical (unpaired) electrons. The van der Waals surface area contributed by atoms with E-state index >= 15 is 0 Å². The molecule has 0 saturated heterocycles. The van der Waals surface area contributed by atoms with Gasteiger partial charge >= 0.3 is 12.4 Å². The minimum atomic E-state index is -5.01. The van der Waals surface area contributed by atoms with Gasteiger partial charge in [-0.15, -0.1) is 0 Å². The van der Waals surface area contributed by atoms with Gasteiger partial charge in [0.15, 0.2) is 0 Å². The van der Waals surface area contributed by atoms with Gasteiger partial charge in [0, 0.05) is 6.42 Å². The Balaban J connectivity index is 2.08. The molecule has 0 heterocycles. The van der Waals surface area contributed by atoms with Crippen molar-refractivity contribution >= 4 is 0 Å². The molecule has 1 atom stereocenters. The Hall–Kier alpha value is -2.26. The van der Waals surface area contributed by atoms with Crippen LogP contribution in [-0.4, -0.2) is 17.0 Å². The number of halogens is 6. The second kappa shape index (κ2) is 7.16. The minimum Gasteiger partial charge on any atom is -0.489 e. The molecule has 3 N–H and O–H groups in total. The number of nitrogens with two attached hydrogens (primary N) is 1. The van der Waals surface area contributed by atoms with Crippen LogP contribution < -0.4 is 10.5 Å². The van der Waals surface area contributed by atoms with Gasteiger partial charge in [-0.05, 0) is 35.4 Å². The normalized spacial score (nSPS) is 14.8. The van der Waals surface area contributed by atoms with Gasteiger partial charge in [-0.1, -0.05) is 24.3 Å². The maximum Gasteiger partial charge on any atom is 0.431 e. The van der Waals surface area contributed by atoms with E-state index in [4.69, 9.17) is 10.5 Å². The summed E-state index contributed by atoms with van der Waals surface area (Å²) in [7, 11) is 0. The third-order valence-electron chi connectivity index (χ3n) is 3.52. The highest BCUT2D eigenvalue weighted by atomic mass is 19.4. The van der Waals surface area contributed by atoms with Crippen LogP contribution in [0.15, 0.2) is 48.5 Å². The SMILES string of the molecule is NC(O)(Cc1cccc(OCc2cccc(C(F)(F)F)c2)c1)C(F)(F)F. The van der Waals surface area contributed by atoms with Crippen molar-refractivity contribution in [2.45, 2.75) is 31.1 Å². The van der Waals surface area contributed by atoms with Gasteiger partial charge in [-0.3, -0.25) is 5.73 Å². The standard InChI is InChI=1S/C17H15F6NO2/c18-16(19,20)13-5-1-4-12(7-13)10-26-14-6-2-3-11(8-14)9-15(24,25)17(21,22)23/h1-8,25H,9-10,24H2. The fourth-order valence-electron chi connectivity index (χ4n) is 2.16. The van der Waals surface area contributed by atoms with Gasteiger partial charge in [-0.2, -0.15) is 26.3 Å². The summed E-state index contributed by atoms with van der Waals surface area (Å²) in [6.07, 6.45) is -10.4. The molecule has 0 aliphatic carbocycles. The summed E-state index contributed by atoms with van der Waals surface area (Å²) in [5, 5.41) is 9.32. The molecule has 9 heteroatoms. The van der Waals surface area contributed by atoms with Gasteiger partial charge in [0.05, 0.1) is 5.56 Å². The molecule has 26 heavy (non-hydrogen) atoms. The molecule has 0 saturated carbocycles. The summed E-state index contributed by atoms with van der Waals surface area (Å²) in [6.45, 7) is -0.209. The molecular weight excluding hydrogens is 364 g/mol. The zero-order valence-corrected chi connectivity index (χ0v) is 13.2. The summed E-state index contributed by atoms with van der Waals surface area (Å²) in [5.41, 5.74) is 0.967. The largest absolute Gasteiger partial charge is 0.489 e. The molecule has 0 aliphatic rings. The van der Waals surface area contributed by atoms with Crippen LogP contribution in [0.4, 0.5) is 26.3 Å². The molecule has 2 aromatic rings. The first-order valence-corrected chi connectivity index (χ1v) is 7.34. The molecule has 0 spiro atoms. The molecule has 142 valence electrons. The van der Waals surface area contributed by atoms with Gasteiger partial charge in [0.1, 0.15) is 12.4 Å². The van der Waals surface area contributed by atoms with Crippen LogP contribution in [0.25, 0.3) is 0 Å². The lowest BCUT2D eigenvalue weighted by atomic mass is 10.0. The molecule has 3 nitrogen and oxygen atoms in total. The second-order valence-electron chi connectivity index (χ2n) is 5.73. The number of benzene rings is 2. The Bertz CT molecular complexity index is 755. The zero-order chi connectivity index (χ0) is 19.6. The van der Waals surface area contributed by atoms with E-state index in [1.807, 2.05) is 0 Å². The van der Waals surface area contributed by atoms with E-state index in [-0.39, 0.29) is 23.5 Å². The van der Waals surface area contributed by atoms with E-state index in [1.54, 1.807) is 0 Å². The average molecular weight is 379 g/mol. The second-order valence-corrected chi connectivity index (χ2v) is 5.73. The predicted octanol–water partition coefficient (Wildman–Crippen LogP) is 4.04. The van der Waals surface area contributed by atoms with Crippen LogP contribution in [-0.2, 0) is 19.2 Å². The highest BCUT2D eigenvalue weighted by molar-refractivity contribution is 5.31. The predicted molar refractivity (Wildman–Crippen MR) is 81.1 cm³/mol. The number of alkyl halides is 6. The van der Waals surface area contributed by atoms with Gasteiger partial charge < -0.3 is 9.84 Å².